The molecule has 130 valence electrons. The van der Waals surface area contributed by atoms with Crippen LogP contribution in [0.3, 0.4) is 0 Å². The molecule has 0 spiro atoms. The van der Waals surface area contributed by atoms with Crippen molar-refractivity contribution in [3.8, 4) is 17.3 Å². The molecule has 0 aliphatic carbocycles. The SMILES string of the molecule is Cc1ccc2c(c1)[C@]1(C)C(=COc3c1c(C)nn3-c1ccccc1)CO2. The Morgan fingerprint density at radius 3 is 2.69 bits per heavy atom. The van der Waals surface area contributed by atoms with Crippen LogP contribution in [0.4, 0.5) is 0 Å². The topological polar surface area (TPSA) is 36.3 Å². The Morgan fingerprint density at radius 2 is 1.88 bits per heavy atom. The fraction of sp³-hybridized carbons (Fsp3) is 0.227. The van der Waals surface area contributed by atoms with Gasteiger partial charge in [0.25, 0.3) is 0 Å². The fourth-order valence-corrected chi connectivity index (χ4v) is 4.14. The van der Waals surface area contributed by atoms with E-state index in [2.05, 4.69) is 39.0 Å². The predicted molar refractivity (Wildman–Crippen MR) is 100 cm³/mol. The third-order valence-corrected chi connectivity index (χ3v) is 5.53. The molecule has 0 saturated carbocycles. The van der Waals surface area contributed by atoms with Gasteiger partial charge in [0.2, 0.25) is 5.88 Å². The second-order valence-electron chi connectivity index (χ2n) is 7.19. The van der Waals surface area contributed by atoms with Crippen LogP contribution < -0.4 is 9.47 Å². The van der Waals surface area contributed by atoms with Gasteiger partial charge in [0.05, 0.1) is 28.6 Å². The lowest BCUT2D eigenvalue weighted by molar-refractivity contribution is 0.280. The summed E-state index contributed by atoms with van der Waals surface area (Å²) in [4.78, 5) is 0. The van der Waals surface area contributed by atoms with Gasteiger partial charge in [-0.1, -0.05) is 35.9 Å². The maximum absolute atomic E-state index is 6.07. The number of para-hydroxylation sites is 1. The Hall–Kier alpha value is -3.01. The lowest BCUT2D eigenvalue weighted by Gasteiger charge is -2.40. The molecule has 4 heteroatoms. The highest BCUT2D eigenvalue weighted by Gasteiger charge is 2.46. The largest absolute Gasteiger partial charge is 0.489 e. The Kier molecular flexibility index (Phi) is 3.08. The summed E-state index contributed by atoms with van der Waals surface area (Å²) >= 11 is 0. The van der Waals surface area contributed by atoms with Gasteiger partial charge in [-0.05, 0) is 39.0 Å². The number of aromatic nitrogens is 2. The highest BCUT2D eigenvalue weighted by molar-refractivity contribution is 5.62. The van der Waals surface area contributed by atoms with Gasteiger partial charge in [0.1, 0.15) is 12.4 Å². The maximum atomic E-state index is 6.07. The maximum Gasteiger partial charge on any atom is 0.226 e. The number of hydrogen-bond acceptors (Lipinski definition) is 3. The van der Waals surface area contributed by atoms with Crippen molar-refractivity contribution in [3.63, 3.8) is 0 Å². The average molecular weight is 344 g/mol. The van der Waals surface area contributed by atoms with Gasteiger partial charge in [-0.2, -0.15) is 5.10 Å². The first-order valence-corrected chi connectivity index (χ1v) is 8.84. The van der Waals surface area contributed by atoms with Crippen molar-refractivity contribution in [1.82, 2.24) is 9.78 Å². The van der Waals surface area contributed by atoms with Crippen molar-refractivity contribution in [1.29, 1.82) is 0 Å². The summed E-state index contributed by atoms with van der Waals surface area (Å²) in [7, 11) is 0. The minimum absolute atomic E-state index is 0.301. The molecule has 5 rings (SSSR count). The van der Waals surface area contributed by atoms with Gasteiger partial charge in [0, 0.05) is 11.1 Å². The summed E-state index contributed by atoms with van der Waals surface area (Å²) in [6, 6.07) is 16.5. The molecule has 1 atom stereocenters. The molecule has 0 radical (unpaired) electrons. The summed E-state index contributed by atoms with van der Waals surface area (Å²) in [5.74, 6) is 1.73. The van der Waals surface area contributed by atoms with E-state index in [9.17, 15) is 0 Å². The summed E-state index contributed by atoms with van der Waals surface area (Å²) in [6.07, 6.45) is 1.84. The summed E-state index contributed by atoms with van der Waals surface area (Å²) in [5, 5.41) is 4.81. The molecule has 0 saturated heterocycles. The van der Waals surface area contributed by atoms with Gasteiger partial charge in [-0.25, -0.2) is 4.68 Å². The zero-order chi connectivity index (χ0) is 17.9. The highest BCUT2D eigenvalue weighted by Crippen LogP contribution is 2.52. The van der Waals surface area contributed by atoms with Crippen LogP contribution in [0.2, 0.25) is 0 Å². The number of hydrogen-bond donors (Lipinski definition) is 0. The van der Waals surface area contributed by atoms with E-state index in [1.54, 1.807) is 0 Å². The van der Waals surface area contributed by atoms with Crippen molar-refractivity contribution in [2.24, 2.45) is 0 Å². The van der Waals surface area contributed by atoms with Crippen LogP contribution in [0.15, 0.2) is 60.4 Å². The van der Waals surface area contributed by atoms with Gasteiger partial charge in [-0.15, -0.1) is 0 Å². The molecule has 2 aromatic carbocycles. The third-order valence-electron chi connectivity index (χ3n) is 5.53. The summed E-state index contributed by atoms with van der Waals surface area (Å²) in [6.45, 7) is 6.95. The predicted octanol–water partition coefficient (Wildman–Crippen LogP) is 4.46. The van der Waals surface area contributed by atoms with E-state index in [0.29, 0.717) is 6.61 Å². The Balaban J connectivity index is 1.79. The molecule has 26 heavy (non-hydrogen) atoms. The van der Waals surface area contributed by atoms with E-state index in [1.807, 2.05) is 41.3 Å². The van der Waals surface area contributed by atoms with Gasteiger partial charge < -0.3 is 9.47 Å². The Bertz CT molecular complexity index is 1050. The second kappa shape index (κ2) is 5.24. The Labute approximate surface area is 152 Å². The Morgan fingerprint density at radius 1 is 1.08 bits per heavy atom. The van der Waals surface area contributed by atoms with E-state index in [4.69, 9.17) is 14.6 Å². The fourth-order valence-electron chi connectivity index (χ4n) is 4.14. The molecular formula is C22H20N2O2. The van der Waals surface area contributed by atoms with E-state index in [0.717, 1.165) is 34.1 Å². The molecule has 1 aromatic heterocycles. The molecule has 2 aliphatic heterocycles. The van der Waals surface area contributed by atoms with Crippen LogP contribution >= 0.6 is 0 Å². The van der Waals surface area contributed by atoms with Crippen molar-refractivity contribution in [2.45, 2.75) is 26.2 Å². The molecule has 0 N–H and O–H groups in total. The lowest BCUT2D eigenvalue weighted by Crippen LogP contribution is -2.37. The van der Waals surface area contributed by atoms with Crippen LogP contribution in [0.25, 0.3) is 5.69 Å². The molecule has 0 amide bonds. The number of rotatable bonds is 1. The molecule has 4 nitrogen and oxygen atoms in total. The minimum atomic E-state index is -0.301. The van der Waals surface area contributed by atoms with Crippen LogP contribution in [-0.2, 0) is 5.41 Å². The van der Waals surface area contributed by atoms with Gasteiger partial charge >= 0.3 is 0 Å². The first-order chi connectivity index (χ1) is 12.6. The average Bonchev–Trinajstić information content (AvgIpc) is 3.00. The molecule has 0 bridgehead atoms. The molecule has 0 fully saturated rings. The molecule has 3 aromatic rings. The van der Waals surface area contributed by atoms with Crippen LogP contribution in [0.1, 0.15) is 29.3 Å². The molecular weight excluding hydrogens is 324 g/mol. The zero-order valence-electron chi connectivity index (χ0n) is 15.1. The second-order valence-corrected chi connectivity index (χ2v) is 7.19. The van der Waals surface area contributed by atoms with E-state index in [-0.39, 0.29) is 5.41 Å². The quantitative estimate of drug-likeness (QED) is 0.654. The number of aryl methyl sites for hydroxylation is 2. The van der Waals surface area contributed by atoms with E-state index in [1.165, 1.54) is 11.1 Å². The number of fused-ring (bicyclic) bond motifs is 5. The zero-order valence-corrected chi connectivity index (χ0v) is 15.1. The molecule has 3 heterocycles. The van der Waals surface area contributed by atoms with Crippen molar-refractivity contribution in [3.05, 3.63) is 82.8 Å². The first kappa shape index (κ1) is 15.3. The van der Waals surface area contributed by atoms with Crippen LogP contribution in [0.5, 0.6) is 11.6 Å². The van der Waals surface area contributed by atoms with Gasteiger partial charge in [-0.3, -0.25) is 0 Å². The smallest absolute Gasteiger partial charge is 0.226 e. The first-order valence-electron chi connectivity index (χ1n) is 8.84. The highest BCUT2D eigenvalue weighted by atomic mass is 16.5. The molecule has 0 unspecified atom stereocenters. The monoisotopic (exact) mass is 344 g/mol. The van der Waals surface area contributed by atoms with E-state index < -0.39 is 0 Å². The van der Waals surface area contributed by atoms with E-state index >= 15 is 0 Å². The number of ether oxygens (including phenoxy) is 2. The molecule has 2 aliphatic rings. The standard InChI is InChI=1S/C22H20N2O2/c1-14-9-10-19-18(11-14)22(3)16(12-25-19)13-26-21-20(22)15(2)23-24(21)17-7-5-4-6-8-17/h4-11,13H,12H2,1-3H3/t22-/m0/s1. The van der Waals surface area contributed by atoms with Crippen molar-refractivity contribution < 1.29 is 9.47 Å². The summed E-state index contributed by atoms with van der Waals surface area (Å²) in [5.41, 5.74) is 6.31. The van der Waals surface area contributed by atoms with Crippen molar-refractivity contribution >= 4 is 0 Å². The van der Waals surface area contributed by atoms with Crippen LogP contribution in [-0.4, -0.2) is 16.4 Å². The van der Waals surface area contributed by atoms with Crippen molar-refractivity contribution in [2.75, 3.05) is 6.61 Å². The van der Waals surface area contributed by atoms with Gasteiger partial charge in [0.15, 0.2) is 0 Å². The number of nitrogens with zero attached hydrogens (tertiary/aromatic N) is 2. The third kappa shape index (κ3) is 1.93. The van der Waals surface area contributed by atoms with Crippen LogP contribution in [0, 0.1) is 13.8 Å². The number of benzene rings is 2. The normalized spacial score (nSPS) is 20.2. The minimum Gasteiger partial charge on any atom is -0.489 e. The summed E-state index contributed by atoms with van der Waals surface area (Å²) < 4.78 is 13.9. The lowest BCUT2D eigenvalue weighted by atomic mass is 9.68.